The van der Waals surface area contributed by atoms with Crippen molar-refractivity contribution in [3.05, 3.63) is 75.4 Å². The second kappa shape index (κ2) is 9.60. The smallest absolute Gasteiger partial charge is 0.338 e. The van der Waals surface area contributed by atoms with Crippen molar-refractivity contribution in [2.45, 2.75) is 32.9 Å². The van der Waals surface area contributed by atoms with E-state index in [2.05, 4.69) is 26.6 Å². The summed E-state index contributed by atoms with van der Waals surface area (Å²) in [5, 5.41) is 5.52. The quantitative estimate of drug-likeness (QED) is 0.593. The van der Waals surface area contributed by atoms with Crippen LogP contribution in [0.3, 0.4) is 0 Å². The molecule has 7 heteroatoms. The zero-order chi connectivity index (χ0) is 20.8. The fraction of sp³-hybridized carbons (Fsp3) is 0.273. The van der Waals surface area contributed by atoms with Crippen molar-refractivity contribution in [1.82, 2.24) is 10.6 Å². The van der Waals surface area contributed by atoms with E-state index in [1.165, 1.54) is 0 Å². The highest BCUT2D eigenvalue weighted by molar-refractivity contribution is 9.10. The number of esters is 1. The third kappa shape index (κ3) is 5.17. The van der Waals surface area contributed by atoms with Crippen molar-refractivity contribution in [1.29, 1.82) is 0 Å². The second-order valence-electron chi connectivity index (χ2n) is 6.48. The Morgan fingerprint density at radius 3 is 2.38 bits per heavy atom. The molecule has 152 valence electrons. The lowest BCUT2D eigenvalue weighted by atomic mass is 9.94. The molecule has 0 aromatic heterocycles. The van der Waals surface area contributed by atoms with Crippen molar-refractivity contribution in [3.63, 3.8) is 0 Å². The highest BCUT2D eigenvalue weighted by Gasteiger charge is 2.32. The van der Waals surface area contributed by atoms with Gasteiger partial charge in [-0.2, -0.15) is 0 Å². The van der Waals surface area contributed by atoms with Crippen LogP contribution in [0.1, 0.15) is 37.4 Å². The standard InChI is InChI=1S/C22H23BrN2O4/c1-3-18-19(21(26)28-4-2)20(25-22(27)24-18)15-7-11-17(12-8-15)29-13-14-5-9-16(23)10-6-14/h5-12,20H,3-4,13H2,1-2H3,(H2,24,25,27). The van der Waals surface area contributed by atoms with Crippen LogP contribution in [0, 0.1) is 0 Å². The summed E-state index contributed by atoms with van der Waals surface area (Å²) in [5.74, 6) is 0.270. The molecule has 2 N–H and O–H groups in total. The van der Waals surface area contributed by atoms with Gasteiger partial charge >= 0.3 is 12.0 Å². The molecule has 1 heterocycles. The fourth-order valence-corrected chi connectivity index (χ4v) is 3.36. The number of carbonyl (C=O) groups is 2. The maximum atomic E-state index is 12.5. The van der Waals surface area contributed by atoms with Crippen LogP contribution in [-0.4, -0.2) is 18.6 Å². The van der Waals surface area contributed by atoms with Gasteiger partial charge in [0.25, 0.3) is 0 Å². The summed E-state index contributed by atoms with van der Waals surface area (Å²) in [5.41, 5.74) is 2.85. The largest absolute Gasteiger partial charge is 0.489 e. The van der Waals surface area contributed by atoms with E-state index in [9.17, 15) is 9.59 Å². The van der Waals surface area contributed by atoms with Crippen molar-refractivity contribution < 1.29 is 19.1 Å². The van der Waals surface area contributed by atoms with Gasteiger partial charge in [0.05, 0.1) is 18.2 Å². The molecule has 1 unspecified atom stereocenters. The number of halogens is 1. The fourth-order valence-electron chi connectivity index (χ4n) is 3.10. The summed E-state index contributed by atoms with van der Waals surface area (Å²) in [6.07, 6.45) is 0.520. The molecule has 0 saturated heterocycles. The average Bonchev–Trinajstić information content (AvgIpc) is 2.73. The molecule has 1 aliphatic rings. The SMILES string of the molecule is CCOC(=O)C1=C(CC)NC(=O)NC1c1ccc(OCc2ccc(Br)cc2)cc1. The van der Waals surface area contributed by atoms with Crippen LogP contribution in [0.5, 0.6) is 5.75 Å². The molecule has 0 aliphatic carbocycles. The van der Waals surface area contributed by atoms with Gasteiger partial charge < -0.3 is 20.1 Å². The molecule has 2 aromatic rings. The van der Waals surface area contributed by atoms with E-state index in [0.29, 0.717) is 30.0 Å². The summed E-state index contributed by atoms with van der Waals surface area (Å²) in [4.78, 5) is 24.6. The number of rotatable bonds is 7. The van der Waals surface area contributed by atoms with Crippen LogP contribution in [0.15, 0.2) is 64.3 Å². The number of ether oxygens (including phenoxy) is 2. The molecule has 2 aromatic carbocycles. The minimum atomic E-state index is -0.571. The van der Waals surface area contributed by atoms with E-state index in [0.717, 1.165) is 15.6 Å². The molecular formula is C22H23BrN2O4. The number of benzene rings is 2. The number of allylic oxidation sites excluding steroid dienone is 1. The minimum absolute atomic E-state index is 0.267. The van der Waals surface area contributed by atoms with Gasteiger partial charge in [0.15, 0.2) is 0 Å². The van der Waals surface area contributed by atoms with Crippen LogP contribution in [-0.2, 0) is 16.1 Å². The predicted octanol–water partition coefficient (Wildman–Crippen LogP) is 4.61. The minimum Gasteiger partial charge on any atom is -0.489 e. The van der Waals surface area contributed by atoms with E-state index < -0.39 is 12.0 Å². The second-order valence-corrected chi connectivity index (χ2v) is 7.40. The molecule has 0 spiro atoms. The Bertz CT molecular complexity index is 907. The van der Waals surface area contributed by atoms with E-state index in [4.69, 9.17) is 9.47 Å². The number of hydrogen-bond donors (Lipinski definition) is 2. The zero-order valence-corrected chi connectivity index (χ0v) is 17.9. The summed E-state index contributed by atoms with van der Waals surface area (Å²) in [6, 6.07) is 14.4. The zero-order valence-electron chi connectivity index (χ0n) is 16.3. The molecular weight excluding hydrogens is 436 g/mol. The number of carbonyl (C=O) groups excluding carboxylic acids is 2. The van der Waals surface area contributed by atoms with Crippen molar-refractivity contribution >= 4 is 27.9 Å². The van der Waals surface area contributed by atoms with E-state index in [1.807, 2.05) is 55.5 Å². The van der Waals surface area contributed by atoms with Gasteiger partial charge in [-0.25, -0.2) is 9.59 Å². The molecule has 0 radical (unpaired) electrons. The first kappa shape index (κ1) is 20.9. The van der Waals surface area contributed by atoms with Crippen LogP contribution in [0.25, 0.3) is 0 Å². The number of nitrogens with one attached hydrogen (secondary N) is 2. The summed E-state index contributed by atoms with van der Waals surface area (Å²) < 4.78 is 12.1. The Labute approximate surface area is 178 Å². The Morgan fingerprint density at radius 1 is 1.07 bits per heavy atom. The van der Waals surface area contributed by atoms with Gasteiger partial charge in [0, 0.05) is 10.2 Å². The number of hydrogen-bond acceptors (Lipinski definition) is 4. The highest BCUT2D eigenvalue weighted by Crippen LogP contribution is 2.30. The lowest BCUT2D eigenvalue weighted by Gasteiger charge is -2.29. The maximum Gasteiger partial charge on any atom is 0.338 e. The normalized spacial score (nSPS) is 16.1. The Kier molecular flexibility index (Phi) is 6.93. The Hall–Kier alpha value is -2.80. The average molecular weight is 459 g/mol. The van der Waals surface area contributed by atoms with Crippen LogP contribution in [0.4, 0.5) is 4.79 Å². The van der Waals surface area contributed by atoms with E-state index in [1.54, 1.807) is 6.92 Å². The first-order chi connectivity index (χ1) is 14.0. The number of amides is 2. The third-order valence-corrected chi connectivity index (χ3v) is 5.06. The molecule has 0 fully saturated rings. The highest BCUT2D eigenvalue weighted by atomic mass is 79.9. The van der Waals surface area contributed by atoms with Crippen LogP contribution in [0.2, 0.25) is 0 Å². The van der Waals surface area contributed by atoms with Gasteiger partial charge in [-0.05, 0) is 48.7 Å². The van der Waals surface area contributed by atoms with Crippen LogP contribution < -0.4 is 15.4 Å². The van der Waals surface area contributed by atoms with Gasteiger partial charge in [0.1, 0.15) is 12.4 Å². The predicted molar refractivity (Wildman–Crippen MR) is 113 cm³/mol. The van der Waals surface area contributed by atoms with Crippen molar-refractivity contribution in [2.75, 3.05) is 6.61 Å². The van der Waals surface area contributed by atoms with E-state index >= 15 is 0 Å². The molecule has 6 nitrogen and oxygen atoms in total. The molecule has 0 bridgehead atoms. The molecule has 1 atom stereocenters. The molecule has 3 rings (SSSR count). The van der Waals surface area contributed by atoms with E-state index in [-0.39, 0.29) is 12.6 Å². The first-order valence-electron chi connectivity index (χ1n) is 9.46. The van der Waals surface area contributed by atoms with Gasteiger partial charge in [-0.1, -0.05) is 47.1 Å². The van der Waals surface area contributed by atoms with Crippen molar-refractivity contribution in [3.8, 4) is 5.75 Å². The maximum absolute atomic E-state index is 12.5. The molecule has 2 amide bonds. The van der Waals surface area contributed by atoms with Crippen LogP contribution >= 0.6 is 15.9 Å². The summed E-state index contributed by atoms with van der Waals surface area (Å²) in [6.45, 7) is 4.36. The van der Waals surface area contributed by atoms with Gasteiger partial charge in [0.2, 0.25) is 0 Å². The molecule has 0 saturated carbocycles. The molecule has 29 heavy (non-hydrogen) atoms. The monoisotopic (exact) mass is 458 g/mol. The lowest BCUT2D eigenvalue weighted by Crippen LogP contribution is -2.45. The third-order valence-electron chi connectivity index (χ3n) is 4.53. The first-order valence-corrected chi connectivity index (χ1v) is 10.3. The van der Waals surface area contributed by atoms with Crippen molar-refractivity contribution in [2.24, 2.45) is 0 Å². The topological polar surface area (TPSA) is 76.7 Å². The van der Waals surface area contributed by atoms with Gasteiger partial charge in [-0.3, -0.25) is 0 Å². The summed E-state index contributed by atoms with van der Waals surface area (Å²) in [7, 11) is 0. The number of urea groups is 1. The Morgan fingerprint density at radius 2 is 1.76 bits per heavy atom. The Balaban J connectivity index is 1.78. The summed E-state index contributed by atoms with van der Waals surface area (Å²) >= 11 is 3.41. The lowest BCUT2D eigenvalue weighted by molar-refractivity contribution is -0.139. The van der Waals surface area contributed by atoms with Gasteiger partial charge in [-0.15, -0.1) is 0 Å². The molecule has 1 aliphatic heterocycles.